The topological polar surface area (TPSA) is 75.3 Å². The van der Waals surface area contributed by atoms with Crippen LogP contribution in [0.2, 0.25) is 0 Å². The Balaban J connectivity index is 1.43. The predicted octanol–water partition coefficient (Wildman–Crippen LogP) is 6.07. The molecule has 4 aromatic rings. The van der Waals surface area contributed by atoms with Crippen LogP contribution >= 0.6 is 11.8 Å². The Hall–Kier alpha value is -3.29. The van der Waals surface area contributed by atoms with Crippen LogP contribution in [0, 0.1) is 6.92 Å². The van der Waals surface area contributed by atoms with Gasteiger partial charge in [-0.25, -0.2) is 8.42 Å². The fourth-order valence-corrected chi connectivity index (χ4v) is 5.30. The summed E-state index contributed by atoms with van der Waals surface area (Å²) in [6, 6.07) is 27.3. The summed E-state index contributed by atoms with van der Waals surface area (Å²) in [7, 11) is -3.78. The first-order valence-corrected chi connectivity index (χ1v) is 12.8. The first kappa shape index (κ1) is 22.9. The highest BCUT2D eigenvalue weighted by Gasteiger charge is 2.17. The molecule has 0 heterocycles. The van der Waals surface area contributed by atoms with Crippen molar-refractivity contribution in [2.45, 2.75) is 28.9 Å². The number of aryl methyl sites for hydroxylation is 1. The Labute approximate surface area is 198 Å². The molecule has 0 bridgehead atoms. The van der Waals surface area contributed by atoms with Crippen LogP contribution in [0.3, 0.4) is 0 Å². The maximum absolute atomic E-state index is 12.9. The van der Waals surface area contributed by atoms with Gasteiger partial charge < -0.3 is 5.32 Å². The molecule has 4 aromatic carbocycles. The number of carbonyl (C=O) groups is 1. The van der Waals surface area contributed by atoms with E-state index in [0.29, 0.717) is 11.4 Å². The van der Waals surface area contributed by atoms with Gasteiger partial charge in [0, 0.05) is 16.0 Å². The molecule has 0 aliphatic carbocycles. The summed E-state index contributed by atoms with van der Waals surface area (Å²) < 4.78 is 28.5. The van der Waals surface area contributed by atoms with Crippen molar-refractivity contribution < 1.29 is 13.2 Å². The number of benzene rings is 4. The van der Waals surface area contributed by atoms with Gasteiger partial charge in [0.05, 0.1) is 15.8 Å². The fourth-order valence-electron chi connectivity index (χ4n) is 3.35. The number of anilines is 2. The van der Waals surface area contributed by atoms with Gasteiger partial charge in [-0.05, 0) is 61.7 Å². The van der Waals surface area contributed by atoms with E-state index in [1.54, 1.807) is 18.2 Å². The second kappa shape index (κ2) is 9.68. The van der Waals surface area contributed by atoms with Crippen molar-refractivity contribution in [3.05, 3.63) is 96.6 Å². The zero-order valence-corrected chi connectivity index (χ0v) is 19.9. The number of hydrogen-bond acceptors (Lipinski definition) is 4. The average molecular weight is 477 g/mol. The summed E-state index contributed by atoms with van der Waals surface area (Å²) in [5.74, 6) is -0.148. The van der Waals surface area contributed by atoms with Crippen molar-refractivity contribution in [2.75, 3.05) is 10.0 Å². The quantitative estimate of drug-likeness (QED) is 0.318. The highest BCUT2D eigenvalue weighted by atomic mass is 32.2. The minimum absolute atomic E-state index is 0.121. The van der Waals surface area contributed by atoms with Crippen LogP contribution in [0.25, 0.3) is 10.8 Å². The molecule has 0 fully saturated rings. The third kappa shape index (κ3) is 5.56. The summed E-state index contributed by atoms with van der Waals surface area (Å²) in [6.45, 7) is 3.86. The largest absolute Gasteiger partial charge is 0.325 e. The number of hydrogen-bond donors (Lipinski definition) is 2. The van der Waals surface area contributed by atoms with Crippen LogP contribution in [0.1, 0.15) is 12.5 Å². The Morgan fingerprint density at radius 3 is 2.24 bits per heavy atom. The molecule has 1 atom stereocenters. The molecule has 0 radical (unpaired) electrons. The molecule has 0 aromatic heterocycles. The number of carbonyl (C=O) groups excluding carboxylic acids is 1. The number of rotatable bonds is 7. The normalized spacial score (nSPS) is 12.3. The Morgan fingerprint density at radius 1 is 0.848 bits per heavy atom. The van der Waals surface area contributed by atoms with E-state index >= 15 is 0 Å². The monoisotopic (exact) mass is 476 g/mol. The average Bonchev–Trinajstić information content (AvgIpc) is 2.81. The van der Waals surface area contributed by atoms with Crippen LogP contribution in [-0.2, 0) is 14.8 Å². The third-order valence-corrected chi connectivity index (χ3v) is 7.66. The van der Waals surface area contributed by atoms with E-state index in [1.165, 1.54) is 29.5 Å². The SMILES string of the molecule is Cc1ccc(S[C@@H](C)C(=O)Nc2ccc(S(=O)(=O)Nc3cccc4ccccc34)cc2)cc1. The van der Waals surface area contributed by atoms with E-state index in [-0.39, 0.29) is 16.1 Å². The highest BCUT2D eigenvalue weighted by Crippen LogP contribution is 2.27. The Morgan fingerprint density at radius 2 is 1.52 bits per heavy atom. The summed E-state index contributed by atoms with van der Waals surface area (Å²) >= 11 is 1.47. The van der Waals surface area contributed by atoms with Gasteiger partial charge in [0.25, 0.3) is 10.0 Å². The van der Waals surface area contributed by atoms with Gasteiger partial charge in [-0.1, -0.05) is 54.1 Å². The summed E-state index contributed by atoms with van der Waals surface area (Å²) in [5, 5.41) is 4.33. The maximum Gasteiger partial charge on any atom is 0.261 e. The smallest absolute Gasteiger partial charge is 0.261 e. The van der Waals surface area contributed by atoms with Gasteiger partial charge in [0.2, 0.25) is 5.91 Å². The lowest BCUT2D eigenvalue weighted by atomic mass is 10.1. The first-order chi connectivity index (χ1) is 15.8. The van der Waals surface area contributed by atoms with Gasteiger partial charge >= 0.3 is 0 Å². The molecule has 0 unspecified atom stereocenters. The van der Waals surface area contributed by atoms with Crippen LogP contribution in [0.15, 0.2) is 101 Å². The Bertz CT molecular complexity index is 1380. The zero-order valence-electron chi connectivity index (χ0n) is 18.3. The van der Waals surface area contributed by atoms with E-state index < -0.39 is 10.0 Å². The van der Waals surface area contributed by atoms with Crippen molar-refractivity contribution in [3.8, 4) is 0 Å². The van der Waals surface area contributed by atoms with Gasteiger partial charge in [-0.15, -0.1) is 11.8 Å². The molecule has 0 aliphatic rings. The predicted molar refractivity (Wildman–Crippen MR) is 136 cm³/mol. The lowest BCUT2D eigenvalue weighted by molar-refractivity contribution is -0.115. The minimum Gasteiger partial charge on any atom is -0.325 e. The van der Waals surface area contributed by atoms with Crippen LogP contribution in [0.4, 0.5) is 11.4 Å². The van der Waals surface area contributed by atoms with Crippen LogP contribution < -0.4 is 10.0 Å². The molecule has 0 aliphatic heterocycles. The molecule has 33 heavy (non-hydrogen) atoms. The zero-order chi connectivity index (χ0) is 23.4. The second-order valence-corrected chi connectivity index (χ2v) is 10.8. The molecule has 5 nitrogen and oxygen atoms in total. The van der Waals surface area contributed by atoms with Crippen molar-refractivity contribution in [3.63, 3.8) is 0 Å². The van der Waals surface area contributed by atoms with Gasteiger partial charge in [-0.3, -0.25) is 9.52 Å². The number of fused-ring (bicyclic) bond motifs is 1. The number of nitrogens with one attached hydrogen (secondary N) is 2. The van der Waals surface area contributed by atoms with Crippen molar-refractivity contribution in [1.29, 1.82) is 0 Å². The van der Waals surface area contributed by atoms with E-state index in [9.17, 15) is 13.2 Å². The fraction of sp³-hybridized carbons (Fsp3) is 0.115. The summed E-state index contributed by atoms with van der Waals surface area (Å²) in [6.07, 6.45) is 0. The molecule has 7 heteroatoms. The van der Waals surface area contributed by atoms with E-state index in [4.69, 9.17) is 0 Å². The standard InChI is InChI=1S/C26H24N2O3S2/c1-18-10-14-22(15-11-18)32-19(2)26(29)27-21-12-16-23(17-13-21)33(30,31)28-25-9-5-7-20-6-3-4-8-24(20)25/h3-17,19,28H,1-2H3,(H,27,29)/t19-/m0/s1. The molecule has 0 saturated heterocycles. The molecule has 1 amide bonds. The third-order valence-electron chi connectivity index (χ3n) is 5.17. The van der Waals surface area contributed by atoms with E-state index in [0.717, 1.165) is 15.7 Å². The molecular weight excluding hydrogens is 452 g/mol. The molecule has 2 N–H and O–H groups in total. The van der Waals surface area contributed by atoms with Gasteiger partial charge in [0.1, 0.15) is 0 Å². The first-order valence-electron chi connectivity index (χ1n) is 10.5. The second-order valence-electron chi connectivity index (χ2n) is 7.72. The number of amides is 1. The molecule has 168 valence electrons. The van der Waals surface area contributed by atoms with Crippen LogP contribution in [-0.4, -0.2) is 19.6 Å². The Kier molecular flexibility index (Phi) is 6.72. The molecule has 0 spiro atoms. The maximum atomic E-state index is 12.9. The van der Waals surface area contributed by atoms with Gasteiger partial charge in [-0.2, -0.15) is 0 Å². The number of thioether (sulfide) groups is 1. The summed E-state index contributed by atoms with van der Waals surface area (Å²) in [5.41, 5.74) is 2.23. The van der Waals surface area contributed by atoms with Crippen molar-refractivity contribution >= 4 is 49.8 Å². The lowest BCUT2D eigenvalue weighted by Gasteiger charge is -2.13. The van der Waals surface area contributed by atoms with E-state index in [1.807, 2.05) is 74.5 Å². The lowest BCUT2D eigenvalue weighted by Crippen LogP contribution is -2.22. The van der Waals surface area contributed by atoms with E-state index in [2.05, 4.69) is 10.0 Å². The minimum atomic E-state index is -3.78. The summed E-state index contributed by atoms with van der Waals surface area (Å²) in [4.78, 5) is 13.7. The molecular formula is C26H24N2O3S2. The van der Waals surface area contributed by atoms with Crippen LogP contribution in [0.5, 0.6) is 0 Å². The molecule has 0 saturated carbocycles. The van der Waals surface area contributed by atoms with Crippen molar-refractivity contribution in [2.24, 2.45) is 0 Å². The van der Waals surface area contributed by atoms with Crippen molar-refractivity contribution in [1.82, 2.24) is 0 Å². The number of sulfonamides is 1. The molecule has 4 rings (SSSR count). The highest BCUT2D eigenvalue weighted by molar-refractivity contribution is 8.00. The van der Waals surface area contributed by atoms with Gasteiger partial charge in [0.15, 0.2) is 0 Å².